The van der Waals surface area contributed by atoms with Gasteiger partial charge in [0.15, 0.2) is 5.76 Å². The molecule has 0 aliphatic carbocycles. The second kappa shape index (κ2) is 9.75. The van der Waals surface area contributed by atoms with E-state index >= 15 is 0 Å². The molecule has 1 saturated heterocycles. The summed E-state index contributed by atoms with van der Waals surface area (Å²) in [5, 5.41) is 12.6. The summed E-state index contributed by atoms with van der Waals surface area (Å²) in [6.45, 7) is 7.45. The number of carbonyl (C=O) groups excluding carboxylic acids is 1. The van der Waals surface area contributed by atoms with E-state index in [1.165, 1.54) is 5.56 Å². The van der Waals surface area contributed by atoms with Gasteiger partial charge in [0.2, 0.25) is 0 Å². The molecule has 1 atom stereocenters. The topological polar surface area (TPSA) is 74.9 Å². The third-order valence-corrected chi connectivity index (χ3v) is 5.08. The highest BCUT2D eigenvalue weighted by atomic mass is 16.5. The lowest BCUT2D eigenvalue weighted by molar-refractivity contribution is 0.0696. The number of ether oxygens (including phenoxy) is 1. The number of amides is 1. The minimum Gasteiger partial charge on any atom is -0.489 e. The molecule has 6 nitrogen and oxygen atoms in total. The molecule has 28 heavy (non-hydrogen) atoms. The summed E-state index contributed by atoms with van der Waals surface area (Å²) >= 11 is 0. The first-order valence-corrected chi connectivity index (χ1v) is 9.98. The number of benzene rings is 1. The van der Waals surface area contributed by atoms with Gasteiger partial charge >= 0.3 is 0 Å². The van der Waals surface area contributed by atoms with Crippen LogP contribution in [-0.2, 0) is 6.61 Å². The van der Waals surface area contributed by atoms with E-state index in [4.69, 9.17) is 9.15 Å². The SMILES string of the molecule is Cc1ccc(OCc2cc(C(=O)NCCCN3CCC[C@@H](O)C3)oc2C)cc1. The van der Waals surface area contributed by atoms with E-state index in [0.717, 1.165) is 50.2 Å². The standard InChI is InChI=1S/C22H30N2O4/c1-16-6-8-20(9-7-16)27-15-18-13-21(28-17(18)2)22(26)23-10-4-12-24-11-3-5-19(25)14-24/h6-9,13,19,25H,3-5,10-12,14-15H2,1-2H3,(H,23,26)/t19-/m1/s1. The molecule has 0 unspecified atom stereocenters. The number of aliphatic hydroxyl groups is 1. The number of piperidine rings is 1. The molecule has 0 radical (unpaired) electrons. The molecule has 2 N–H and O–H groups in total. The summed E-state index contributed by atoms with van der Waals surface area (Å²) < 4.78 is 11.4. The average Bonchev–Trinajstić information content (AvgIpc) is 3.05. The van der Waals surface area contributed by atoms with Crippen molar-refractivity contribution in [1.82, 2.24) is 10.2 Å². The maximum Gasteiger partial charge on any atom is 0.287 e. The van der Waals surface area contributed by atoms with Crippen molar-refractivity contribution in [2.24, 2.45) is 0 Å². The lowest BCUT2D eigenvalue weighted by Crippen LogP contribution is -2.39. The van der Waals surface area contributed by atoms with E-state index in [1.807, 2.05) is 38.1 Å². The van der Waals surface area contributed by atoms with Crippen molar-refractivity contribution in [2.75, 3.05) is 26.2 Å². The fourth-order valence-electron chi connectivity index (χ4n) is 3.40. The molecular weight excluding hydrogens is 356 g/mol. The monoisotopic (exact) mass is 386 g/mol. The van der Waals surface area contributed by atoms with Gasteiger partial charge in [0.25, 0.3) is 5.91 Å². The number of nitrogens with one attached hydrogen (secondary N) is 1. The third kappa shape index (κ3) is 5.84. The zero-order valence-corrected chi connectivity index (χ0v) is 16.7. The Kier molecular flexibility index (Phi) is 7.12. The largest absolute Gasteiger partial charge is 0.489 e. The number of hydrogen-bond acceptors (Lipinski definition) is 5. The van der Waals surface area contributed by atoms with Crippen molar-refractivity contribution >= 4 is 5.91 Å². The molecule has 0 saturated carbocycles. The molecule has 6 heteroatoms. The van der Waals surface area contributed by atoms with E-state index in [1.54, 1.807) is 6.07 Å². The van der Waals surface area contributed by atoms with E-state index in [9.17, 15) is 9.90 Å². The smallest absolute Gasteiger partial charge is 0.287 e. The fourth-order valence-corrected chi connectivity index (χ4v) is 3.40. The van der Waals surface area contributed by atoms with Crippen molar-refractivity contribution in [3.05, 3.63) is 53.0 Å². The molecular formula is C22H30N2O4. The lowest BCUT2D eigenvalue weighted by Gasteiger charge is -2.29. The highest BCUT2D eigenvalue weighted by Gasteiger charge is 2.18. The lowest BCUT2D eigenvalue weighted by atomic mass is 10.1. The number of likely N-dealkylation sites (tertiary alicyclic amines) is 1. The van der Waals surface area contributed by atoms with Crippen LogP contribution in [0.2, 0.25) is 0 Å². The first-order chi connectivity index (χ1) is 13.5. The van der Waals surface area contributed by atoms with Crippen LogP contribution >= 0.6 is 0 Å². The van der Waals surface area contributed by atoms with E-state index in [2.05, 4.69) is 10.2 Å². The Bertz CT molecular complexity index is 769. The van der Waals surface area contributed by atoms with Crippen LogP contribution in [0.15, 0.2) is 34.7 Å². The number of furan rings is 1. The van der Waals surface area contributed by atoms with Crippen LogP contribution in [0.5, 0.6) is 5.75 Å². The van der Waals surface area contributed by atoms with Gasteiger partial charge in [-0.05, 0) is 64.4 Å². The first-order valence-electron chi connectivity index (χ1n) is 9.98. The van der Waals surface area contributed by atoms with Gasteiger partial charge in [0.05, 0.1) is 6.10 Å². The van der Waals surface area contributed by atoms with Crippen molar-refractivity contribution in [1.29, 1.82) is 0 Å². The van der Waals surface area contributed by atoms with Gasteiger partial charge in [-0.15, -0.1) is 0 Å². The van der Waals surface area contributed by atoms with Gasteiger partial charge in [0, 0.05) is 18.7 Å². The number of rotatable bonds is 8. The Balaban J connectivity index is 1.42. The third-order valence-electron chi connectivity index (χ3n) is 5.08. The second-order valence-corrected chi connectivity index (χ2v) is 7.50. The molecule has 1 amide bonds. The van der Waals surface area contributed by atoms with Gasteiger partial charge in [-0.3, -0.25) is 4.79 Å². The maximum atomic E-state index is 12.3. The Labute approximate surface area is 166 Å². The summed E-state index contributed by atoms with van der Waals surface area (Å²) in [4.78, 5) is 14.6. The highest BCUT2D eigenvalue weighted by molar-refractivity contribution is 5.91. The molecule has 1 aromatic heterocycles. The Morgan fingerprint density at radius 3 is 2.86 bits per heavy atom. The number of hydrogen-bond donors (Lipinski definition) is 2. The summed E-state index contributed by atoms with van der Waals surface area (Å²) in [5.74, 6) is 1.59. The fraction of sp³-hybridized carbons (Fsp3) is 0.500. The number of aliphatic hydroxyl groups excluding tert-OH is 1. The normalized spacial score (nSPS) is 17.5. The molecule has 3 rings (SSSR count). The summed E-state index contributed by atoms with van der Waals surface area (Å²) in [6, 6.07) is 9.61. The van der Waals surface area contributed by atoms with Crippen LogP contribution in [0.25, 0.3) is 0 Å². The quantitative estimate of drug-likeness (QED) is 0.682. The summed E-state index contributed by atoms with van der Waals surface area (Å²) in [5.41, 5.74) is 2.05. The molecule has 0 spiro atoms. The van der Waals surface area contributed by atoms with Crippen LogP contribution in [0.3, 0.4) is 0 Å². The molecule has 1 aromatic carbocycles. The van der Waals surface area contributed by atoms with Gasteiger partial charge in [-0.1, -0.05) is 17.7 Å². The van der Waals surface area contributed by atoms with E-state index in [-0.39, 0.29) is 12.0 Å². The molecule has 1 aliphatic heterocycles. The van der Waals surface area contributed by atoms with Crippen LogP contribution in [-0.4, -0.2) is 48.2 Å². The minimum atomic E-state index is -0.213. The van der Waals surface area contributed by atoms with Crippen LogP contribution in [0.4, 0.5) is 0 Å². The van der Waals surface area contributed by atoms with Crippen molar-refractivity contribution in [3.8, 4) is 5.75 Å². The summed E-state index contributed by atoms with van der Waals surface area (Å²) in [7, 11) is 0. The number of nitrogens with zero attached hydrogens (tertiary/aromatic N) is 1. The maximum absolute atomic E-state index is 12.3. The molecule has 1 aliphatic rings. The summed E-state index contributed by atoms with van der Waals surface area (Å²) in [6.07, 6.45) is 2.56. The predicted molar refractivity (Wildman–Crippen MR) is 108 cm³/mol. The first kappa shape index (κ1) is 20.4. The van der Waals surface area contributed by atoms with Gasteiger partial charge < -0.3 is 24.5 Å². The van der Waals surface area contributed by atoms with Crippen LogP contribution < -0.4 is 10.1 Å². The van der Waals surface area contributed by atoms with Gasteiger partial charge in [-0.25, -0.2) is 0 Å². The number of carbonyl (C=O) groups is 1. The Hall–Kier alpha value is -2.31. The Morgan fingerprint density at radius 2 is 2.11 bits per heavy atom. The van der Waals surface area contributed by atoms with E-state index < -0.39 is 0 Å². The predicted octanol–water partition coefficient (Wildman–Crippen LogP) is 3.05. The van der Waals surface area contributed by atoms with Crippen molar-refractivity contribution in [3.63, 3.8) is 0 Å². The average molecular weight is 386 g/mol. The molecule has 0 bridgehead atoms. The van der Waals surface area contributed by atoms with Gasteiger partial charge in [-0.2, -0.15) is 0 Å². The molecule has 152 valence electrons. The molecule has 2 aromatic rings. The second-order valence-electron chi connectivity index (χ2n) is 7.50. The minimum absolute atomic E-state index is 0.205. The van der Waals surface area contributed by atoms with Crippen molar-refractivity contribution in [2.45, 2.75) is 45.8 Å². The van der Waals surface area contributed by atoms with Gasteiger partial charge in [0.1, 0.15) is 18.1 Å². The number of β-amino-alcohol motifs (C(OH)–C–C–N with tert-alkyl or cyclic N) is 1. The highest BCUT2D eigenvalue weighted by Crippen LogP contribution is 2.19. The molecule has 2 heterocycles. The van der Waals surface area contributed by atoms with Crippen molar-refractivity contribution < 1.29 is 19.1 Å². The molecule has 1 fully saturated rings. The zero-order valence-electron chi connectivity index (χ0n) is 16.7. The zero-order chi connectivity index (χ0) is 19.9. The number of aryl methyl sites for hydroxylation is 2. The Morgan fingerprint density at radius 1 is 1.32 bits per heavy atom. The van der Waals surface area contributed by atoms with Crippen LogP contribution in [0, 0.1) is 13.8 Å². The van der Waals surface area contributed by atoms with E-state index in [0.29, 0.717) is 24.7 Å². The van der Waals surface area contributed by atoms with Crippen LogP contribution in [0.1, 0.15) is 46.7 Å².